The second kappa shape index (κ2) is 5.16. The molecule has 0 atom stereocenters. The fraction of sp³-hybridized carbons (Fsp3) is 0.235. The van der Waals surface area contributed by atoms with E-state index in [1.54, 1.807) is 4.90 Å². The van der Waals surface area contributed by atoms with Crippen molar-refractivity contribution in [1.82, 2.24) is 0 Å². The van der Waals surface area contributed by atoms with E-state index in [1.807, 2.05) is 25.1 Å². The van der Waals surface area contributed by atoms with Crippen LogP contribution < -0.4 is 4.90 Å². The lowest BCUT2D eigenvalue weighted by Gasteiger charge is -2.19. The lowest BCUT2D eigenvalue weighted by atomic mass is 10.1. The van der Waals surface area contributed by atoms with E-state index < -0.39 is 11.7 Å². The van der Waals surface area contributed by atoms with Crippen LogP contribution in [0.25, 0.3) is 0 Å². The van der Waals surface area contributed by atoms with Gasteiger partial charge in [-0.1, -0.05) is 18.2 Å². The van der Waals surface area contributed by atoms with E-state index in [0.29, 0.717) is 6.54 Å². The van der Waals surface area contributed by atoms with Crippen LogP contribution in [0.1, 0.15) is 27.0 Å². The number of para-hydroxylation sites is 1. The Kier molecular flexibility index (Phi) is 3.43. The molecule has 3 rings (SSSR count). The summed E-state index contributed by atoms with van der Waals surface area (Å²) in [6.07, 6.45) is -3.62. The van der Waals surface area contributed by atoms with Gasteiger partial charge in [0.15, 0.2) is 0 Å². The molecule has 5 heteroatoms. The number of benzene rings is 2. The van der Waals surface area contributed by atoms with E-state index in [1.165, 1.54) is 12.1 Å². The van der Waals surface area contributed by atoms with Gasteiger partial charge in [0.25, 0.3) is 5.91 Å². The topological polar surface area (TPSA) is 20.3 Å². The predicted octanol–water partition coefficient (Wildman–Crippen LogP) is 4.22. The lowest BCUT2D eigenvalue weighted by Crippen LogP contribution is -2.29. The van der Waals surface area contributed by atoms with Crippen LogP contribution in [0.3, 0.4) is 0 Å². The fourth-order valence-corrected chi connectivity index (χ4v) is 2.81. The maximum atomic E-state index is 12.6. The first-order valence-electron chi connectivity index (χ1n) is 6.95. The van der Waals surface area contributed by atoms with Crippen LogP contribution in [-0.4, -0.2) is 12.5 Å². The molecule has 1 aliphatic rings. The van der Waals surface area contributed by atoms with Gasteiger partial charge in [-0.15, -0.1) is 0 Å². The highest BCUT2D eigenvalue weighted by Gasteiger charge is 2.31. The van der Waals surface area contributed by atoms with Crippen molar-refractivity contribution in [2.75, 3.05) is 11.4 Å². The third kappa shape index (κ3) is 2.47. The summed E-state index contributed by atoms with van der Waals surface area (Å²) in [6.45, 7) is 2.48. The molecule has 0 radical (unpaired) electrons. The number of anilines is 1. The first-order valence-corrected chi connectivity index (χ1v) is 6.95. The summed E-state index contributed by atoms with van der Waals surface area (Å²) < 4.78 is 37.7. The summed E-state index contributed by atoms with van der Waals surface area (Å²) in [5, 5.41) is 0. The predicted molar refractivity (Wildman–Crippen MR) is 78.0 cm³/mol. The molecule has 1 aliphatic heterocycles. The van der Waals surface area contributed by atoms with Crippen molar-refractivity contribution in [3.63, 3.8) is 0 Å². The lowest BCUT2D eigenvalue weighted by molar-refractivity contribution is -0.137. The van der Waals surface area contributed by atoms with E-state index in [0.717, 1.165) is 35.4 Å². The Morgan fingerprint density at radius 3 is 2.41 bits per heavy atom. The number of halogens is 3. The average molecular weight is 305 g/mol. The molecule has 0 spiro atoms. The molecule has 0 N–H and O–H groups in total. The van der Waals surface area contributed by atoms with Crippen LogP contribution in [-0.2, 0) is 12.6 Å². The molecule has 22 heavy (non-hydrogen) atoms. The smallest absolute Gasteiger partial charge is 0.307 e. The number of nitrogens with zero attached hydrogens (tertiary/aromatic N) is 1. The Morgan fingerprint density at radius 1 is 1.09 bits per heavy atom. The van der Waals surface area contributed by atoms with Gasteiger partial charge in [-0.05, 0) is 48.7 Å². The van der Waals surface area contributed by atoms with Crippen LogP contribution in [0.15, 0.2) is 42.5 Å². The van der Waals surface area contributed by atoms with Crippen molar-refractivity contribution in [3.8, 4) is 0 Å². The Morgan fingerprint density at radius 2 is 1.77 bits per heavy atom. The monoisotopic (exact) mass is 305 g/mol. The first-order chi connectivity index (χ1) is 10.4. The zero-order chi connectivity index (χ0) is 15.9. The third-order valence-electron chi connectivity index (χ3n) is 3.90. The molecule has 1 heterocycles. The van der Waals surface area contributed by atoms with Crippen LogP contribution in [0.4, 0.5) is 18.9 Å². The van der Waals surface area contributed by atoms with Gasteiger partial charge >= 0.3 is 6.18 Å². The standard InChI is InChI=1S/C17H14F3NO/c1-11-3-2-4-12-9-10-21(15(11)12)16(22)13-5-7-14(8-6-13)17(18,19)20/h2-8H,9-10H2,1H3. The molecular formula is C17H14F3NO. The van der Waals surface area contributed by atoms with Gasteiger partial charge < -0.3 is 4.90 Å². The number of amides is 1. The van der Waals surface area contributed by atoms with Gasteiger partial charge in [0, 0.05) is 12.1 Å². The van der Waals surface area contributed by atoms with Gasteiger partial charge in [0.05, 0.1) is 11.3 Å². The Balaban J connectivity index is 1.91. The van der Waals surface area contributed by atoms with Gasteiger partial charge in [-0.3, -0.25) is 4.79 Å². The largest absolute Gasteiger partial charge is 0.416 e. The van der Waals surface area contributed by atoms with Gasteiger partial charge in [0.1, 0.15) is 0 Å². The van der Waals surface area contributed by atoms with E-state index in [9.17, 15) is 18.0 Å². The summed E-state index contributed by atoms with van der Waals surface area (Å²) in [5.41, 5.74) is 2.49. The Hall–Kier alpha value is -2.30. The van der Waals surface area contributed by atoms with Crippen molar-refractivity contribution in [2.45, 2.75) is 19.5 Å². The van der Waals surface area contributed by atoms with Crippen LogP contribution in [0.5, 0.6) is 0 Å². The number of carbonyl (C=O) groups excluding carboxylic acids is 1. The fourth-order valence-electron chi connectivity index (χ4n) is 2.81. The summed E-state index contributed by atoms with van der Waals surface area (Å²) in [6, 6.07) is 10.2. The summed E-state index contributed by atoms with van der Waals surface area (Å²) in [4.78, 5) is 14.2. The number of aryl methyl sites for hydroxylation is 1. The van der Waals surface area contributed by atoms with E-state index >= 15 is 0 Å². The molecular weight excluding hydrogens is 291 g/mol. The molecule has 0 aliphatic carbocycles. The number of hydrogen-bond donors (Lipinski definition) is 0. The summed E-state index contributed by atoms with van der Waals surface area (Å²) >= 11 is 0. The molecule has 0 aromatic heterocycles. The van der Waals surface area contributed by atoms with Gasteiger partial charge in [0.2, 0.25) is 0 Å². The first kappa shape index (κ1) is 14.6. The molecule has 2 nitrogen and oxygen atoms in total. The van der Waals surface area contributed by atoms with Crippen molar-refractivity contribution in [2.24, 2.45) is 0 Å². The molecule has 0 fully saturated rings. The van der Waals surface area contributed by atoms with Gasteiger partial charge in [-0.2, -0.15) is 13.2 Å². The minimum atomic E-state index is -4.39. The highest BCUT2D eigenvalue weighted by molar-refractivity contribution is 6.07. The second-order valence-electron chi connectivity index (χ2n) is 5.36. The number of carbonyl (C=O) groups is 1. The van der Waals surface area contributed by atoms with Crippen LogP contribution >= 0.6 is 0 Å². The van der Waals surface area contributed by atoms with Crippen molar-refractivity contribution in [3.05, 3.63) is 64.7 Å². The average Bonchev–Trinajstić information content (AvgIpc) is 2.91. The van der Waals surface area contributed by atoms with Crippen molar-refractivity contribution >= 4 is 11.6 Å². The highest BCUT2D eigenvalue weighted by Crippen LogP contribution is 2.33. The minimum Gasteiger partial charge on any atom is -0.307 e. The third-order valence-corrected chi connectivity index (χ3v) is 3.90. The highest BCUT2D eigenvalue weighted by atomic mass is 19.4. The second-order valence-corrected chi connectivity index (χ2v) is 5.36. The summed E-state index contributed by atoms with van der Waals surface area (Å²) in [5.74, 6) is -0.262. The molecule has 0 saturated heterocycles. The van der Waals surface area contributed by atoms with Crippen molar-refractivity contribution in [1.29, 1.82) is 0 Å². The SMILES string of the molecule is Cc1cccc2c1N(C(=O)c1ccc(C(F)(F)F)cc1)CC2. The van der Waals surface area contributed by atoms with Gasteiger partial charge in [-0.25, -0.2) is 0 Å². The summed E-state index contributed by atoms with van der Waals surface area (Å²) in [7, 11) is 0. The van der Waals surface area contributed by atoms with E-state index in [2.05, 4.69) is 0 Å². The number of fused-ring (bicyclic) bond motifs is 1. The van der Waals surface area contributed by atoms with E-state index in [-0.39, 0.29) is 11.5 Å². The molecule has 0 unspecified atom stereocenters. The number of hydrogen-bond acceptors (Lipinski definition) is 1. The van der Waals surface area contributed by atoms with Crippen LogP contribution in [0.2, 0.25) is 0 Å². The Labute approximate surface area is 126 Å². The van der Waals surface area contributed by atoms with Crippen molar-refractivity contribution < 1.29 is 18.0 Å². The molecule has 2 aromatic carbocycles. The molecule has 0 bridgehead atoms. The van der Waals surface area contributed by atoms with E-state index in [4.69, 9.17) is 0 Å². The Bertz CT molecular complexity index is 720. The quantitative estimate of drug-likeness (QED) is 0.772. The normalized spacial score (nSPS) is 14.1. The molecule has 0 saturated carbocycles. The zero-order valence-electron chi connectivity index (χ0n) is 11.9. The van der Waals surface area contributed by atoms with Crippen LogP contribution in [0, 0.1) is 6.92 Å². The minimum absolute atomic E-state index is 0.262. The zero-order valence-corrected chi connectivity index (χ0v) is 11.9. The molecule has 2 aromatic rings. The number of rotatable bonds is 1. The number of alkyl halides is 3. The molecule has 1 amide bonds. The molecule has 114 valence electrons. The maximum Gasteiger partial charge on any atom is 0.416 e. The maximum absolute atomic E-state index is 12.6.